The molecule has 2 unspecified atom stereocenters. The average molecular weight is 228 g/mol. The Balaban J connectivity index is 2.61. The first-order valence-electron chi connectivity index (χ1n) is 5.96. The zero-order valence-corrected chi connectivity index (χ0v) is 11.0. The smallest absolute Gasteiger partial charge is 0.239 e. The van der Waals surface area contributed by atoms with Crippen molar-refractivity contribution in [2.24, 2.45) is 11.1 Å². The van der Waals surface area contributed by atoms with Gasteiger partial charge in [0.15, 0.2) is 0 Å². The van der Waals surface area contributed by atoms with Crippen molar-refractivity contribution in [1.29, 1.82) is 0 Å². The second-order valence-corrected chi connectivity index (χ2v) is 5.25. The monoisotopic (exact) mass is 228 g/mol. The molecule has 1 aliphatic rings. The Labute approximate surface area is 98.1 Å². The molecular formula is C12H24N2O2. The molecule has 4 nitrogen and oxygen atoms in total. The third kappa shape index (κ3) is 2.23. The Kier molecular flexibility index (Phi) is 3.97. The summed E-state index contributed by atoms with van der Waals surface area (Å²) in [6.45, 7) is 8.75. The minimum Gasteiger partial charge on any atom is -0.378 e. The molecule has 2 N–H and O–H groups in total. The second kappa shape index (κ2) is 4.72. The molecule has 0 saturated heterocycles. The van der Waals surface area contributed by atoms with Gasteiger partial charge >= 0.3 is 0 Å². The third-order valence-corrected chi connectivity index (χ3v) is 3.70. The quantitative estimate of drug-likeness (QED) is 0.781. The van der Waals surface area contributed by atoms with Crippen LogP contribution in [0.5, 0.6) is 0 Å². The molecule has 94 valence electrons. The topological polar surface area (TPSA) is 55.6 Å². The van der Waals surface area contributed by atoms with Crippen molar-refractivity contribution < 1.29 is 9.53 Å². The van der Waals surface area contributed by atoms with Gasteiger partial charge in [-0.1, -0.05) is 13.8 Å². The molecule has 0 aromatic heterocycles. The molecule has 4 heteroatoms. The van der Waals surface area contributed by atoms with Crippen molar-refractivity contribution in [2.45, 2.75) is 52.3 Å². The van der Waals surface area contributed by atoms with Gasteiger partial charge in [-0.25, -0.2) is 0 Å². The molecule has 3 atom stereocenters. The highest BCUT2D eigenvalue weighted by Gasteiger charge is 2.51. The fraction of sp³-hybridized carbons (Fsp3) is 0.917. The largest absolute Gasteiger partial charge is 0.378 e. The molecule has 0 aromatic carbocycles. The first kappa shape index (κ1) is 13.5. The number of carbonyl (C=O) groups excluding carboxylic acids is 1. The van der Waals surface area contributed by atoms with Crippen LogP contribution in [0.3, 0.4) is 0 Å². The highest BCUT2D eigenvalue weighted by atomic mass is 16.5. The van der Waals surface area contributed by atoms with Gasteiger partial charge in [-0.05, 0) is 20.3 Å². The van der Waals surface area contributed by atoms with Crippen molar-refractivity contribution in [1.82, 2.24) is 4.90 Å². The summed E-state index contributed by atoms with van der Waals surface area (Å²) < 4.78 is 5.64. The van der Waals surface area contributed by atoms with E-state index in [1.807, 2.05) is 14.0 Å². The highest BCUT2D eigenvalue weighted by Crippen LogP contribution is 2.45. The van der Waals surface area contributed by atoms with E-state index in [1.54, 1.807) is 11.8 Å². The van der Waals surface area contributed by atoms with Crippen LogP contribution in [0.2, 0.25) is 0 Å². The van der Waals surface area contributed by atoms with Gasteiger partial charge in [0.25, 0.3) is 0 Å². The normalized spacial score (nSPS) is 29.4. The molecule has 0 aromatic rings. The molecule has 0 radical (unpaired) electrons. The number of carbonyl (C=O) groups is 1. The van der Waals surface area contributed by atoms with Gasteiger partial charge in [0.1, 0.15) is 0 Å². The minimum atomic E-state index is -0.424. The summed E-state index contributed by atoms with van der Waals surface area (Å²) in [6, 6.07) is -0.186. The van der Waals surface area contributed by atoms with E-state index in [0.29, 0.717) is 0 Å². The summed E-state index contributed by atoms with van der Waals surface area (Å²) in [5.41, 5.74) is 5.64. The molecule has 1 saturated carbocycles. The maximum absolute atomic E-state index is 11.8. The lowest BCUT2D eigenvalue weighted by molar-refractivity contribution is -0.164. The zero-order valence-electron chi connectivity index (χ0n) is 11.0. The fourth-order valence-corrected chi connectivity index (χ4v) is 2.48. The molecule has 16 heavy (non-hydrogen) atoms. The van der Waals surface area contributed by atoms with E-state index in [4.69, 9.17) is 10.5 Å². The Hall–Kier alpha value is -0.610. The number of ether oxygens (including phenoxy) is 1. The zero-order chi connectivity index (χ0) is 12.5. The molecule has 1 rings (SSSR count). The molecule has 1 aliphatic carbocycles. The van der Waals surface area contributed by atoms with Gasteiger partial charge in [0.2, 0.25) is 5.91 Å². The van der Waals surface area contributed by atoms with E-state index in [9.17, 15) is 4.79 Å². The van der Waals surface area contributed by atoms with Crippen LogP contribution >= 0.6 is 0 Å². The number of amides is 1. The van der Waals surface area contributed by atoms with Crippen molar-refractivity contribution >= 4 is 5.91 Å². The van der Waals surface area contributed by atoms with Crippen molar-refractivity contribution in [2.75, 3.05) is 13.7 Å². The fourth-order valence-electron chi connectivity index (χ4n) is 2.48. The number of hydrogen-bond donors (Lipinski definition) is 1. The molecule has 1 amide bonds. The summed E-state index contributed by atoms with van der Waals surface area (Å²) in [6.07, 6.45) is 1.17. The average Bonchev–Trinajstić information content (AvgIpc) is 2.21. The Morgan fingerprint density at radius 3 is 2.56 bits per heavy atom. The minimum absolute atomic E-state index is 0.00743. The standard InChI is InChI=1S/C12H24N2O2/c1-6-16-10-7-9(12(10,3)4)14(5)11(15)8(2)13/h8-10H,6-7,13H2,1-5H3/t8-,9?,10?/m1/s1. The van der Waals surface area contributed by atoms with Crippen LogP contribution in [0.15, 0.2) is 0 Å². The van der Waals surface area contributed by atoms with Crippen LogP contribution < -0.4 is 5.73 Å². The molecule has 0 aliphatic heterocycles. The Morgan fingerprint density at radius 2 is 2.19 bits per heavy atom. The summed E-state index contributed by atoms with van der Waals surface area (Å²) >= 11 is 0. The van der Waals surface area contributed by atoms with E-state index >= 15 is 0 Å². The summed E-state index contributed by atoms with van der Waals surface area (Å²) in [4.78, 5) is 13.6. The van der Waals surface area contributed by atoms with Gasteiger partial charge in [-0.2, -0.15) is 0 Å². The van der Waals surface area contributed by atoms with Gasteiger partial charge in [-0.15, -0.1) is 0 Å². The summed E-state index contributed by atoms with van der Waals surface area (Å²) in [5, 5.41) is 0. The summed E-state index contributed by atoms with van der Waals surface area (Å²) in [5.74, 6) is 0.00743. The SMILES string of the molecule is CCOC1CC(N(C)C(=O)[C@@H](C)N)C1(C)C. The van der Waals surface area contributed by atoms with E-state index in [2.05, 4.69) is 13.8 Å². The van der Waals surface area contributed by atoms with Gasteiger partial charge in [0.05, 0.1) is 12.1 Å². The van der Waals surface area contributed by atoms with Crippen molar-refractivity contribution in [3.63, 3.8) is 0 Å². The van der Waals surface area contributed by atoms with E-state index < -0.39 is 6.04 Å². The maximum atomic E-state index is 11.8. The van der Waals surface area contributed by atoms with Crippen molar-refractivity contribution in [3.05, 3.63) is 0 Å². The lowest BCUT2D eigenvalue weighted by Crippen LogP contribution is -2.63. The van der Waals surface area contributed by atoms with Crippen LogP contribution in [0.25, 0.3) is 0 Å². The third-order valence-electron chi connectivity index (χ3n) is 3.70. The maximum Gasteiger partial charge on any atom is 0.239 e. The molecule has 0 bridgehead atoms. The number of likely N-dealkylation sites (N-methyl/N-ethyl adjacent to an activating group) is 1. The Bertz CT molecular complexity index is 264. The van der Waals surface area contributed by atoms with Gasteiger partial charge in [0, 0.05) is 25.1 Å². The highest BCUT2D eigenvalue weighted by molar-refractivity contribution is 5.81. The predicted molar refractivity (Wildman–Crippen MR) is 64.0 cm³/mol. The van der Waals surface area contributed by atoms with E-state index in [1.165, 1.54) is 0 Å². The van der Waals surface area contributed by atoms with Crippen LogP contribution in [-0.4, -0.2) is 42.6 Å². The molecule has 1 fully saturated rings. The molecule has 0 spiro atoms. The lowest BCUT2D eigenvalue weighted by atomic mass is 9.63. The van der Waals surface area contributed by atoms with Crippen LogP contribution in [0.1, 0.15) is 34.1 Å². The first-order chi connectivity index (χ1) is 7.32. The van der Waals surface area contributed by atoms with Crippen LogP contribution in [-0.2, 0) is 9.53 Å². The van der Waals surface area contributed by atoms with Gasteiger partial charge < -0.3 is 15.4 Å². The lowest BCUT2D eigenvalue weighted by Gasteiger charge is -2.55. The first-order valence-corrected chi connectivity index (χ1v) is 5.96. The van der Waals surface area contributed by atoms with Crippen molar-refractivity contribution in [3.8, 4) is 0 Å². The van der Waals surface area contributed by atoms with Gasteiger partial charge in [-0.3, -0.25) is 4.79 Å². The second-order valence-electron chi connectivity index (χ2n) is 5.25. The molecule has 0 heterocycles. The van der Waals surface area contributed by atoms with Crippen LogP contribution in [0, 0.1) is 5.41 Å². The van der Waals surface area contributed by atoms with E-state index in [0.717, 1.165) is 13.0 Å². The summed E-state index contributed by atoms with van der Waals surface area (Å²) in [7, 11) is 1.83. The van der Waals surface area contributed by atoms with E-state index in [-0.39, 0.29) is 23.5 Å². The molecular weight excluding hydrogens is 204 g/mol. The number of rotatable bonds is 4. The number of nitrogens with zero attached hydrogens (tertiary/aromatic N) is 1. The number of nitrogens with two attached hydrogens (primary N) is 1. The predicted octanol–water partition coefficient (Wildman–Crippen LogP) is 0.996. The van der Waals surface area contributed by atoms with Crippen LogP contribution in [0.4, 0.5) is 0 Å². The Morgan fingerprint density at radius 1 is 1.62 bits per heavy atom. The number of hydrogen-bond acceptors (Lipinski definition) is 3.